The van der Waals surface area contributed by atoms with Crippen molar-refractivity contribution < 1.29 is 18.3 Å². The van der Waals surface area contributed by atoms with Crippen molar-refractivity contribution >= 4 is 0 Å². The molecule has 2 atom stereocenters. The molecule has 21 heavy (non-hydrogen) atoms. The Morgan fingerprint density at radius 3 is 2.76 bits per heavy atom. The van der Waals surface area contributed by atoms with E-state index < -0.39 is 18.8 Å². The summed E-state index contributed by atoms with van der Waals surface area (Å²) in [5.74, 6) is 0. The zero-order chi connectivity index (χ0) is 15.5. The van der Waals surface area contributed by atoms with Gasteiger partial charge in [0.05, 0.1) is 6.33 Å². The first kappa shape index (κ1) is 15.5. The lowest BCUT2D eigenvalue weighted by atomic mass is 10.1. The largest absolute Gasteiger partial charge is 0.415 e. The van der Waals surface area contributed by atoms with Crippen LogP contribution in [0, 0.1) is 0 Å². The molecule has 0 spiro atoms. The van der Waals surface area contributed by atoms with E-state index in [2.05, 4.69) is 10.3 Å². The molecule has 2 N–H and O–H groups in total. The van der Waals surface area contributed by atoms with Crippen molar-refractivity contribution in [2.75, 3.05) is 6.54 Å². The molecule has 0 aliphatic heterocycles. The second-order valence-electron chi connectivity index (χ2n) is 4.75. The highest BCUT2D eigenvalue weighted by Crippen LogP contribution is 2.21. The van der Waals surface area contributed by atoms with Crippen LogP contribution < -0.4 is 5.32 Å². The molecule has 2 rings (SSSR count). The summed E-state index contributed by atoms with van der Waals surface area (Å²) in [6.07, 6.45) is -1.90. The third-order valence-corrected chi connectivity index (χ3v) is 3.17. The van der Waals surface area contributed by atoms with Gasteiger partial charge in [-0.1, -0.05) is 12.1 Å². The van der Waals surface area contributed by atoms with Crippen molar-refractivity contribution in [1.29, 1.82) is 0 Å². The number of alkyl halides is 3. The summed E-state index contributed by atoms with van der Waals surface area (Å²) >= 11 is 0. The van der Waals surface area contributed by atoms with E-state index in [1.807, 2.05) is 24.3 Å². The van der Waals surface area contributed by atoms with Crippen LogP contribution in [0.2, 0.25) is 0 Å². The Labute approximate surface area is 120 Å². The molecule has 0 amide bonds. The lowest BCUT2D eigenvalue weighted by Crippen LogP contribution is -2.39. The number of hydrogen-bond donors (Lipinski definition) is 2. The predicted molar refractivity (Wildman–Crippen MR) is 72.0 cm³/mol. The molecule has 1 heterocycles. The van der Waals surface area contributed by atoms with Crippen LogP contribution in [0.1, 0.15) is 18.5 Å². The third kappa shape index (κ3) is 4.05. The summed E-state index contributed by atoms with van der Waals surface area (Å²) in [6, 6.07) is 7.06. The number of imidazole rings is 1. The molecular weight excluding hydrogens is 283 g/mol. The Bertz CT molecular complexity index is 569. The lowest BCUT2D eigenvalue weighted by Gasteiger charge is -2.19. The van der Waals surface area contributed by atoms with Gasteiger partial charge in [-0.25, -0.2) is 4.98 Å². The van der Waals surface area contributed by atoms with E-state index in [1.54, 1.807) is 30.2 Å². The Balaban J connectivity index is 2.03. The summed E-state index contributed by atoms with van der Waals surface area (Å²) in [5, 5.41) is 11.7. The van der Waals surface area contributed by atoms with Crippen molar-refractivity contribution in [2.45, 2.75) is 25.2 Å². The normalized spacial score (nSPS) is 14.9. The van der Waals surface area contributed by atoms with Crippen molar-refractivity contribution in [3.05, 3.63) is 48.5 Å². The number of nitrogens with one attached hydrogen (secondary N) is 1. The summed E-state index contributed by atoms with van der Waals surface area (Å²) < 4.78 is 38.6. The fourth-order valence-corrected chi connectivity index (χ4v) is 1.89. The molecule has 2 unspecified atom stereocenters. The maximum Gasteiger partial charge on any atom is 0.415 e. The van der Waals surface area contributed by atoms with Gasteiger partial charge in [-0.2, -0.15) is 13.2 Å². The summed E-state index contributed by atoms with van der Waals surface area (Å²) in [5.41, 5.74) is 1.70. The zero-order valence-electron chi connectivity index (χ0n) is 11.4. The van der Waals surface area contributed by atoms with Crippen molar-refractivity contribution in [3.63, 3.8) is 0 Å². The average Bonchev–Trinajstić information content (AvgIpc) is 2.97. The zero-order valence-corrected chi connectivity index (χ0v) is 11.4. The Morgan fingerprint density at radius 2 is 2.14 bits per heavy atom. The van der Waals surface area contributed by atoms with Crippen molar-refractivity contribution in [3.8, 4) is 5.69 Å². The SMILES string of the molecule is CC(NCC(O)C(F)(F)F)c1cccc(-n2ccnc2)c1. The molecular formula is C14H16F3N3O. The van der Waals surface area contributed by atoms with E-state index in [9.17, 15) is 13.2 Å². The molecule has 1 aromatic carbocycles. The fourth-order valence-electron chi connectivity index (χ4n) is 1.89. The molecule has 0 aliphatic rings. The van der Waals surface area contributed by atoms with Gasteiger partial charge in [-0.15, -0.1) is 0 Å². The van der Waals surface area contributed by atoms with Gasteiger partial charge in [0.15, 0.2) is 6.10 Å². The lowest BCUT2D eigenvalue weighted by molar-refractivity contribution is -0.202. The summed E-state index contributed by atoms with van der Waals surface area (Å²) in [4.78, 5) is 3.95. The van der Waals surface area contributed by atoms with Gasteiger partial charge in [0.25, 0.3) is 0 Å². The molecule has 0 saturated carbocycles. The first-order chi connectivity index (χ1) is 9.88. The van der Waals surface area contributed by atoms with Crippen LogP contribution in [0.4, 0.5) is 13.2 Å². The highest BCUT2D eigenvalue weighted by molar-refractivity contribution is 5.36. The van der Waals surface area contributed by atoms with Crippen LogP contribution in [0.25, 0.3) is 5.69 Å². The van der Waals surface area contributed by atoms with Gasteiger partial charge in [-0.05, 0) is 24.6 Å². The highest BCUT2D eigenvalue weighted by atomic mass is 19.4. The van der Waals surface area contributed by atoms with Crippen molar-refractivity contribution in [2.24, 2.45) is 0 Å². The van der Waals surface area contributed by atoms with E-state index >= 15 is 0 Å². The second-order valence-corrected chi connectivity index (χ2v) is 4.75. The number of halogens is 3. The number of aromatic nitrogens is 2. The summed E-state index contributed by atoms with van der Waals surface area (Å²) in [6.45, 7) is 1.20. The molecule has 2 aromatic rings. The van der Waals surface area contributed by atoms with Crippen LogP contribution in [0.5, 0.6) is 0 Å². The van der Waals surface area contributed by atoms with Crippen LogP contribution in [-0.4, -0.2) is 33.5 Å². The smallest absolute Gasteiger partial charge is 0.382 e. The number of benzene rings is 1. The maximum atomic E-state index is 12.3. The minimum Gasteiger partial charge on any atom is -0.382 e. The molecule has 0 aliphatic carbocycles. The maximum absolute atomic E-state index is 12.3. The van der Waals surface area contributed by atoms with Gasteiger partial charge in [0.2, 0.25) is 0 Å². The Kier molecular flexibility index (Phi) is 4.64. The van der Waals surface area contributed by atoms with Crippen LogP contribution in [0.3, 0.4) is 0 Å². The quantitative estimate of drug-likeness (QED) is 0.891. The van der Waals surface area contributed by atoms with Crippen LogP contribution in [-0.2, 0) is 0 Å². The van der Waals surface area contributed by atoms with Gasteiger partial charge >= 0.3 is 6.18 Å². The molecule has 114 valence electrons. The van der Waals surface area contributed by atoms with Crippen LogP contribution in [0.15, 0.2) is 43.0 Å². The van der Waals surface area contributed by atoms with E-state index in [0.717, 1.165) is 11.3 Å². The van der Waals surface area contributed by atoms with Gasteiger partial charge in [-0.3, -0.25) is 0 Å². The molecule has 0 bridgehead atoms. The number of rotatable bonds is 5. The first-order valence-electron chi connectivity index (χ1n) is 6.44. The van der Waals surface area contributed by atoms with E-state index in [-0.39, 0.29) is 6.04 Å². The number of hydrogen-bond acceptors (Lipinski definition) is 3. The van der Waals surface area contributed by atoms with E-state index in [4.69, 9.17) is 5.11 Å². The predicted octanol–water partition coefficient (Wildman–Crippen LogP) is 2.45. The molecule has 0 radical (unpaired) electrons. The first-order valence-corrected chi connectivity index (χ1v) is 6.44. The number of aliphatic hydroxyl groups excluding tert-OH is 1. The highest BCUT2D eigenvalue weighted by Gasteiger charge is 2.37. The van der Waals surface area contributed by atoms with Gasteiger partial charge in [0, 0.05) is 30.7 Å². The average molecular weight is 299 g/mol. The molecule has 0 saturated heterocycles. The van der Waals surface area contributed by atoms with Gasteiger partial charge in [0.1, 0.15) is 0 Å². The molecule has 4 nitrogen and oxygen atoms in total. The number of nitrogens with zero attached hydrogens (tertiary/aromatic N) is 2. The minimum absolute atomic E-state index is 0.314. The third-order valence-electron chi connectivity index (χ3n) is 3.17. The van der Waals surface area contributed by atoms with Crippen LogP contribution >= 0.6 is 0 Å². The minimum atomic E-state index is -4.61. The Morgan fingerprint density at radius 1 is 1.38 bits per heavy atom. The molecule has 1 aromatic heterocycles. The monoisotopic (exact) mass is 299 g/mol. The standard InChI is InChI=1S/C14H16F3N3O/c1-10(19-8-13(21)14(15,16)17)11-3-2-4-12(7-11)20-6-5-18-9-20/h2-7,9-10,13,19,21H,8H2,1H3. The topological polar surface area (TPSA) is 50.1 Å². The fraction of sp³-hybridized carbons (Fsp3) is 0.357. The van der Waals surface area contributed by atoms with Crippen molar-refractivity contribution in [1.82, 2.24) is 14.9 Å². The van der Waals surface area contributed by atoms with E-state index in [0.29, 0.717) is 0 Å². The number of aliphatic hydroxyl groups is 1. The van der Waals surface area contributed by atoms with Gasteiger partial charge < -0.3 is 15.0 Å². The van der Waals surface area contributed by atoms with E-state index in [1.165, 1.54) is 0 Å². The second kappa shape index (κ2) is 6.28. The molecule has 0 fully saturated rings. The molecule has 7 heteroatoms. The summed E-state index contributed by atoms with van der Waals surface area (Å²) in [7, 11) is 0. The Hall–Kier alpha value is -1.86.